The smallest absolute Gasteiger partial charge is 0.324 e. The molecule has 4 amide bonds. The topological polar surface area (TPSA) is 93.8 Å². The van der Waals surface area contributed by atoms with Crippen LogP contribution in [0.5, 0.6) is 0 Å². The van der Waals surface area contributed by atoms with Crippen molar-refractivity contribution in [2.24, 2.45) is 0 Å². The van der Waals surface area contributed by atoms with E-state index in [0.29, 0.717) is 26.2 Å². The minimum Gasteiger partial charge on any atom is -0.358 e. The fourth-order valence-electron chi connectivity index (χ4n) is 2.33. The first-order valence-corrected chi connectivity index (χ1v) is 6.38. The molecule has 8 heteroatoms. The lowest BCUT2D eigenvalue weighted by Gasteiger charge is -2.34. The third-order valence-electron chi connectivity index (χ3n) is 3.40. The summed E-state index contributed by atoms with van der Waals surface area (Å²) in [6.07, 6.45) is 0. The highest BCUT2D eigenvalue weighted by Crippen LogP contribution is 2.06. The van der Waals surface area contributed by atoms with Crippen LogP contribution in [0.2, 0.25) is 0 Å². The number of likely N-dealkylation sites (N-methyl/N-ethyl adjacent to an activating group) is 1. The highest BCUT2D eigenvalue weighted by atomic mass is 16.2. The van der Waals surface area contributed by atoms with E-state index in [4.69, 9.17) is 0 Å². The quantitative estimate of drug-likeness (QED) is 0.529. The molecule has 0 aromatic rings. The summed E-state index contributed by atoms with van der Waals surface area (Å²) < 4.78 is 0. The second-order valence-corrected chi connectivity index (χ2v) is 4.58. The zero-order chi connectivity index (χ0) is 13.8. The number of urea groups is 1. The van der Waals surface area contributed by atoms with Gasteiger partial charge >= 0.3 is 6.03 Å². The van der Waals surface area contributed by atoms with Crippen LogP contribution in [-0.2, 0) is 9.59 Å². The summed E-state index contributed by atoms with van der Waals surface area (Å²) in [6.45, 7) is 2.83. The lowest BCUT2D eigenvalue weighted by Crippen LogP contribution is -2.59. The molecule has 2 aliphatic rings. The first kappa shape index (κ1) is 13.8. The molecule has 0 aromatic heterocycles. The van der Waals surface area contributed by atoms with E-state index in [0.717, 1.165) is 6.54 Å². The molecule has 0 bridgehead atoms. The van der Waals surface area contributed by atoms with E-state index in [1.807, 2.05) is 4.90 Å². The second kappa shape index (κ2) is 5.98. The molecule has 0 aliphatic carbocycles. The van der Waals surface area contributed by atoms with Gasteiger partial charge in [-0.15, -0.1) is 0 Å². The van der Waals surface area contributed by atoms with Crippen molar-refractivity contribution in [1.82, 2.24) is 25.8 Å². The van der Waals surface area contributed by atoms with Crippen molar-refractivity contribution >= 4 is 17.8 Å². The number of piperazine rings is 1. The first-order valence-electron chi connectivity index (χ1n) is 6.38. The van der Waals surface area contributed by atoms with Crippen molar-refractivity contribution in [3.63, 3.8) is 0 Å². The van der Waals surface area contributed by atoms with Gasteiger partial charge in [0.2, 0.25) is 11.8 Å². The lowest BCUT2D eigenvalue weighted by atomic mass is 10.1. The molecule has 3 N–H and O–H groups in total. The molecule has 2 heterocycles. The number of imide groups is 1. The van der Waals surface area contributed by atoms with Gasteiger partial charge in [0.25, 0.3) is 0 Å². The fraction of sp³-hybridized carbons (Fsp3) is 0.727. The molecular formula is C11H19N5O3. The molecule has 2 aliphatic heterocycles. The maximum Gasteiger partial charge on any atom is 0.324 e. The Bertz CT molecular complexity index is 387. The van der Waals surface area contributed by atoms with Crippen molar-refractivity contribution in [3.8, 4) is 0 Å². The minimum atomic E-state index is -0.367. The van der Waals surface area contributed by atoms with Crippen molar-refractivity contribution < 1.29 is 14.4 Å². The maximum absolute atomic E-state index is 12.1. The van der Waals surface area contributed by atoms with Crippen LogP contribution in [-0.4, -0.2) is 80.0 Å². The van der Waals surface area contributed by atoms with Gasteiger partial charge in [0, 0.05) is 39.8 Å². The highest BCUT2D eigenvalue weighted by molar-refractivity contribution is 5.97. The van der Waals surface area contributed by atoms with Crippen LogP contribution in [0.4, 0.5) is 4.79 Å². The maximum atomic E-state index is 12.1. The summed E-state index contributed by atoms with van der Waals surface area (Å²) in [4.78, 5) is 38.2. The molecule has 0 aromatic carbocycles. The normalized spacial score (nSPS) is 24.2. The van der Waals surface area contributed by atoms with Gasteiger partial charge in [0.15, 0.2) is 0 Å². The predicted molar refractivity (Wildman–Crippen MR) is 67.4 cm³/mol. The third-order valence-corrected chi connectivity index (χ3v) is 3.40. The molecule has 0 radical (unpaired) electrons. The first-order chi connectivity index (χ1) is 9.13. The van der Waals surface area contributed by atoms with Gasteiger partial charge in [-0.3, -0.25) is 19.4 Å². The fourth-order valence-corrected chi connectivity index (χ4v) is 2.33. The van der Waals surface area contributed by atoms with E-state index < -0.39 is 0 Å². The van der Waals surface area contributed by atoms with Crippen molar-refractivity contribution in [1.29, 1.82) is 0 Å². The third kappa shape index (κ3) is 3.02. The van der Waals surface area contributed by atoms with Crippen LogP contribution < -0.4 is 16.0 Å². The number of carbonyl (C=O) groups is 3. The Labute approximate surface area is 111 Å². The molecule has 1 atom stereocenters. The molecule has 2 rings (SSSR count). The Morgan fingerprint density at radius 3 is 2.79 bits per heavy atom. The molecule has 106 valence electrons. The summed E-state index contributed by atoms with van der Waals surface area (Å²) in [5.74, 6) is -0.378. The van der Waals surface area contributed by atoms with E-state index in [1.165, 1.54) is 4.90 Å². The zero-order valence-corrected chi connectivity index (χ0v) is 10.9. The molecule has 19 heavy (non-hydrogen) atoms. The summed E-state index contributed by atoms with van der Waals surface area (Å²) in [7, 11) is 1.57. The number of carbonyl (C=O) groups excluding carboxylic acids is 3. The monoisotopic (exact) mass is 269 g/mol. The molecule has 2 saturated heterocycles. The van der Waals surface area contributed by atoms with Crippen LogP contribution in [0.25, 0.3) is 0 Å². The van der Waals surface area contributed by atoms with Crippen molar-refractivity contribution in [2.45, 2.75) is 6.04 Å². The minimum absolute atomic E-state index is 0.0905. The van der Waals surface area contributed by atoms with Gasteiger partial charge in [-0.2, -0.15) is 0 Å². The average molecular weight is 269 g/mol. The Hall–Kier alpha value is -1.67. The Kier molecular flexibility index (Phi) is 4.33. The summed E-state index contributed by atoms with van der Waals surface area (Å²) in [5.41, 5.74) is 0. The predicted octanol–water partition coefficient (Wildman–Crippen LogP) is -2.44. The van der Waals surface area contributed by atoms with E-state index in [2.05, 4.69) is 16.0 Å². The standard InChI is InChI=1S/C11H19N5O3/c1-12-10(18)8-6-13-2-4-15(8)7-9(17)16-5-3-14-11(16)19/h8,13H,2-7H2,1H3,(H,12,18)(H,14,19). The zero-order valence-electron chi connectivity index (χ0n) is 10.9. The summed E-state index contributed by atoms with van der Waals surface area (Å²) >= 11 is 0. The van der Waals surface area contributed by atoms with Gasteiger partial charge in [-0.25, -0.2) is 4.79 Å². The number of hydrogen-bond donors (Lipinski definition) is 3. The largest absolute Gasteiger partial charge is 0.358 e. The van der Waals surface area contributed by atoms with Gasteiger partial charge < -0.3 is 16.0 Å². The van der Waals surface area contributed by atoms with Crippen LogP contribution in [0.15, 0.2) is 0 Å². The molecule has 0 saturated carbocycles. The molecule has 2 fully saturated rings. The Balaban J connectivity index is 1.97. The van der Waals surface area contributed by atoms with Crippen LogP contribution in [0.3, 0.4) is 0 Å². The SMILES string of the molecule is CNC(=O)C1CNCCN1CC(=O)N1CCNC1=O. The molecular weight excluding hydrogens is 250 g/mol. The highest BCUT2D eigenvalue weighted by Gasteiger charge is 2.33. The summed E-state index contributed by atoms with van der Waals surface area (Å²) in [5, 5.41) is 8.31. The molecule has 0 spiro atoms. The second-order valence-electron chi connectivity index (χ2n) is 4.58. The molecule has 1 unspecified atom stereocenters. The molecule has 8 nitrogen and oxygen atoms in total. The number of amides is 4. The van der Waals surface area contributed by atoms with E-state index in [-0.39, 0.29) is 30.4 Å². The van der Waals surface area contributed by atoms with Gasteiger partial charge in [-0.05, 0) is 0 Å². The number of nitrogens with one attached hydrogen (secondary N) is 3. The van der Waals surface area contributed by atoms with E-state index >= 15 is 0 Å². The van der Waals surface area contributed by atoms with Gasteiger partial charge in [-0.1, -0.05) is 0 Å². The Morgan fingerprint density at radius 2 is 2.16 bits per heavy atom. The van der Waals surface area contributed by atoms with E-state index in [1.54, 1.807) is 7.05 Å². The van der Waals surface area contributed by atoms with Crippen LogP contribution in [0.1, 0.15) is 0 Å². The van der Waals surface area contributed by atoms with Crippen molar-refractivity contribution in [3.05, 3.63) is 0 Å². The van der Waals surface area contributed by atoms with Crippen LogP contribution in [0, 0.1) is 0 Å². The van der Waals surface area contributed by atoms with Crippen molar-refractivity contribution in [2.75, 3.05) is 46.3 Å². The lowest BCUT2D eigenvalue weighted by molar-refractivity contribution is -0.132. The number of hydrogen-bond acceptors (Lipinski definition) is 5. The summed E-state index contributed by atoms with van der Waals surface area (Å²) in [6, 6.07) is -0.718. The average Bonchev–Trinajstić information content (AvgIpc) is 2.85. The van der Waals surface area contributed by atoms with E-state index in [9.17, 15) is 14.4 Å². The number of nitrogens with zero attached hydrogens (tertiary/aromatic N) is 2. The van der Waals surface area contributed by atoms with Gasteiger partial charge in [0.05, 0.1) is 6.54 Å². The van der Waals surface area contributed by atoms with Gasteiger partial charge in [0.1, 0.15) is 6.04 Å². The Morgan fingerprint density at radius 1 is 1.37 bits per heavy atom. The number of rotatable bonds is 3. The van der Waals surface area contributed by atoms with Crippen LogP contribution >= 0.6 is 0 Å².